The number of carbonyl (C=O) groups excluding carboxylic acids is 2. The molecule has 0 unspecified atom stereocenters. The maximum Gasteiger partial charge on any atom is 0.321 e. The van der Waals surface area contributed by atoms with Crippen molar-refractivity contribution in [1.82, 2.24) is 4.72 Å². The molecule has 0 aliphatic heterocycles. The number of esters is 1. The van der Waals surface area contributed by atoms with Gasteiger partial charge in [0.25, 0.3) is 5.91 Å². The molecule has 1 amide bonds. The average Bonchev–Trinajstić information content (AvgIpc) is 2.63. The van der Waals surface area contributed by atoms with E-state index < -0.39 is 28.4 Å². The monoisotopic (exact) mass is 456 g/mol. The number of sulfonamides is 1. The smallest absolute Gasteiger partial charge is 0.321 e. The van der Waals surface area contributed by atoms with Crippen LogP contribution in [0, 0.1) is 0 Å². The van der Waals surface area contributed by atoms with Crippen LogP contribution in [0.5, 0.6) is 5.75 Å². The summed E-state index contributed by atoms with van der Waals surface area (Å²) < 4.78 is 37.3. The van der Waals surface area contributed by atoms with Crippen molar-refractivity contribution in [3.63, 3.8) is 0 Å². The van der Waals surface area contributed by atoms with Crippen LogP contribution in [0.25, 0.3) is 0 Å². The zero-order valence-electron chi connectivity index (χ0n) is 14.1. The fraction of sp³-hybridized carbons (Fsp3) is 0.176. The number of carbonyl (C=O) groups is 2. The summed E-state index contributed by atoms with van der Waals surface area (Å²) in [4.78, 5) is 22.6. The van der Waals surface area contributed by atoms with Gasteiger partial charge < -0.3 is 15.2 Å². The first kappa shape index (κ1) is 20.9. The Hall–Kier alpha value is -2.43. The standard InChI is InChI=1S/C17H17BrN2O6S/c18-13-4-2-6-15(8-13)27(23,24)20-9-17(22)26-10-12-3-1-5-14(7-12)25-11-16(19)21/h1-8,20H,9-11H2,(H2,19,21). The molecule has 0 aromatic heterocycles. The molecule has 0 atom stereocenters. The second-order valence-electron chi connectivity index (χ2n) is 5.35. The van der Waals surface area contributed by atoms with Gasteiger partial charge in [-0.1, -0.05) is 34.1 Å². The Labute approximate surface area is 164 Å². The maximum absolute atomic E-state index is 12.1. The second-order valence-corrected chi connectivity index (χ2v) is 8.03. The summed E-state index contributed by atoms with van der Waals surface area (Å²) in [7, 11) is -3.83. The van der Waals surface area contributed by atoms with Gasteiger partial charge in [0.2, 0.25) is 10.0 Å². The highest BCUT2D eigenvalue weighted by Gasteiger charge is 2.16. The van der Waals surface area contributed by atoms with E-state index in [2.05, 4.69) is 20.7 Å². The van der Waals surface area contributed by atoms with Crippen LogP contribution in [0.4, 0.5) is 0 Å². The minimum Gasteiger partial charge on any atom is -0.484 e. The number of benzene rings is 2. The summed E-state index contributed by atoms with van der Waals surface area (Å²) in [6, 6.07) is 12.7. The lowest BCUT2D eigenvalue weighted by Crippen LogP contribution is -2.30. The Morgan fingerprint density at radius 3 is 2.56 bits per heavy atom. The third-order valence-electron chi connectivity index (χ3n) is 3.19. The molecule has 0 saturated carbocycles. The molecule has 0 fully saturated rings. The van der Waals surface area contributed by atoms with Crippen molar-refractivity contribution in [2.45, 2.75) is 11.5 Å². The summed E-state index contributed by atoms with van der Waals surface area (Å²) in [5.41, 5.74) is 5.61. The summed E-state index contributed by atoms with van der Waals surface area (Å²) in [6.07, 6.45) is 0. The molecule has 10 heteroatoms. The van der Waals surface area contributed by atoms with E-state index in [1.807, 2.05) is 0 Å². The van der Waals surface area contributed by atoms with Crippen molar-refractivity contribution >= 4 is 37.8 Å². The molecule has 0 aliphatic carbocycles. The van der Waals surface area contributed by atoms with Crippen LogP contribution < -0.4 is 15.2 Å². The number of nitrogens with two attached hydrogens (primary N) is 1. The van der Waals surface area contributed by atoms with Crippen LogP contribution in [0.2, 0.25) is 0 Å². The van der Waals surface area contributed by atoms with Gasteiger partial charge >= 0.3 is 5.97 Å². The number of hydrogen-bond acceptors (Lipinski definition) is 6. The highest BCUT2D eigenvalue weighted by atomic mass is 79.9. The predicted molar refractivity (Wildman–Crippen MR) is 100 cm³/mol. The highest BCUT2D eigenvalue weighted by molar-refractivity contribution is 9.10. The van der Waals surface area contributed by atoms with Crippen LogP contribution >= 0.6 is 15.9 Å². The lowest BCUT2D eigenvalue weighted by atomic mass is 10.2. The van der Waals surface area contributed by atoms with E-state index in [0.29, 0.717) is 15.8 Å². The topological polar surface area (TPSA) is 125 Å². The zero-order valence-corrected chi connectivity index (χ0v) is 16.5. The van der Waals surface area contributed by atoms with E-state index in [1.165, 1.54) is 12.1 Å². The average molecular weight is 457 g/mol. The van der Waals surface area contributed by atoms with Crippen LogP contribution in [0.1, 0.15) is 5.56 Å². The first-order valence-corrected chi connectivity index (χ1v) is 9.95. The van der Waals surface area contributed by atoms with Crippen molar-refractivity contribution in [3.8, 4) is 5.75 Å². The van der Waals surface area contributed by atoms with Crippen LogP contribution in [-0.2, 0) is 31.0 Å². The zero-order chi connectivity index (χ0) is 19.9. The molecule has 0 aliphatic rings. The molecule has 2 aromatic rings. The van der Waals surface area contributed by atoms with Crippen molar-refractivity contribution in [2.75, 3.05) is 13.2 Å². The molecule has 2 aromatic carbocycles. The molecule has 27 heavy (non-hydrogen) atoms. The lowest BCUT2D eigenvalue weighted by Gasteiger charge is -2.09. The van der Waals surface area contributed by atoms with Gasteiger partial charge in [-0.3, -0.25) is 9.59 Å². The SMILES string of the molecule is NC(=O)COc1cccc(COC(=O)CNS(=O)(=O)c2cccc(Br)c2)c1. The Balaban J connectivity index is 1.86. The predicted octanol–water partition coefficient (Wildman–Crippen LogP) is 1.33. The fourth-order valence-corrected chi connectivity index (χ4v) is 3.53. The summed E-state index contributed by atoms with van der Waals surface area (Å²) in [5, 5.41) is 0. The number of halogens is 1. The maximum atomic E-state index is 12.1. The van der Waals surface area contributed by atoms with Crippen LogP contribution in [-0.4, -0.2) is 33.4 Å². The van der Waals surface area contributed by atoms with Gasteiger partial charge in [0.15, 0.2) is 6.61 Å². The number of rotatable bonds is 9. The van der Waals surface area contributed by atoms with Crippen molar-refractivity contribution < 1.29 is 27.5 Å². The van der Waals surface area contributed by atoms with E-state index in [0.717, 1.165) is 0 Å². The normalized spacial score (nSPS) is 11.0. The highest BCUT2D eigenvalue weighted by Crippen LogP contribution is 2.16. The number of nitrogens with one attached hydrogen (secondary N) is 1. The lowest BCUT2D eigenvalue weighted by molar-refractivity contribution is -0.143. The van der Waals surface area contributed by atoms with Gasteiger partial charge in [-0.05, 0) is 35.9 Å². The van der Waals surface area contributed by atoms with Gasteiger partial charge in [0, 0.05) is 4.47 Å². The van der Waals surface area contributed by atoms with Crippen molar-refractivity contribution in [1.29, 1.82) is 0 Å². The molecule has 0 saturated heterocycles. The molecule has 0 spiro atoms. The largest absolute Gasteiger partial charge is 0.484 e. The fourth-order valence-electron chi connectivity index (χ4n) is 1.97. The number of ether oxygens (including phenoxy) is 2. The molecule has 0 radical (unpaired) electrons. The quantitative estimate of drug-likeness (QED) is 0.548. The van der Waals surface area contributed by atoms with Crippen LogP contribution in [0.15, 0.2) is 57.9 Å². The van der Waals surface area contributed by atoms with E-state index in [1.54, 1.807) is 36.4 Å². The molecule has 3 N–H and O–H groups in total. The second kappa shape index (κ2) is 9.49. The molecule has 8 nitrogen and oxygen atoms in total. The van der Waals surface area contributed by atoms with E-state index >= 15 is 0 Å². The van der Waals surface area contributed by atoms with Crippen molar-refractivity contribution in [3.05, 3.63) is 58.6 Å². The molecular weight excluding hydrogens is 440 g/mol. The van der Waals surface area contributed by atoms with Gasteiger partial charge in [-0.15, -0.1) is 0 Å². The number of primary amides is 1. The molecule has 0 heterocycles. The third kappa shape index (κ3) is 7.00. The minimum atomic E-state index is -3.83. The third-order valence-corrected chi connectivity index (χ3v) is 5.08. The summed E-state index contributed by atoms with van der Waals surface area (Å²) >= 11 is 3.19. The number of amides is 1. The summed E-state index contributed by atoms with van der Waals surface area (Å²) in [5.74, 6) is -0.945. The molecule has 144 valence electrons. The van der Waals surface area contributed by atoms with E-state index in [4.69, 9.17) is 15.2 Å². The molecular formula is C17H17BrN2O6S. The first-order valence-electron chi connectivity index (χ1n) is 7.67. The number of hydrogen-bond donors (Lipinski definition) is 2. The first-order chi connectivity index (χ1) is 12.8. The van der Waals surface area contributed by atoms with Gasteiger partial charge in [-0.25, -0.2) is 8.42 Å². The van der Waals surface area contributed by atoms with Crippen molar-refractivity contribution in [2.24, 2.45) is 5.73 Å². The Kier molecular flexibility index (Phi) is 7.34. The molecule has 2 rings (SSSR count). The Morgan fingerprint density at radius 1 is 1.11 bits per heavy atom. The molecule has 0 bridgehead atoms. The Morgan fingerprint density at radius 2 is 1.85 bits per heavy atom. The van der Waals surface area contributed by atoms with Gasteiger partial charge in [0.05, 0.1) is 4.90 Å². The van der Waals surface area contributed by atoms with E-state index in [9.17, 15) is 18.0 Å². The van der Waals surface area contributed by atoms with E-state index in [-0.39, 0.29) is 18.1 Å². The minimum absolute atomic E-state index is 0.0315. The van der Waals surface area contributed by atoms with Gasteiger partial charge in [-0.2, -0.15) is 4.72 Å². The van der Waals surface area contributed by atoms with Crippen LogP contribution in [0.3, 0.4) is 0 Å². The van der Waals surface area contributed by atoms with Gasteiger partial charge in [0.1, 0.15) is 18.9 Å². The Bertz CT molecular complexity index is 933. The summed E-state index contributed by atoms with van der Waals surface area (Å²) in [6.45, 7) is -0.849.